The summed E-state index contributed by atoms with van der Waals surface area (Å²) < 4.78 is 0. The van der Waals surface area contributed by atoms with Crippen LogP contribution in [0.5, 0.6) is 0 Å². The highest BCUT2D eigenvalue weighted by atomic mass is 16.1. The van der Waals surface area contributed by atoms with Gasteiger partial charge in [-0.25, -0.2) is 0 Å². The lowest BCUT2D eigenvalue weighted by Gasteiger charge is -2.07. The number of benzene rings is 2. The first-order valence-electron chi connectivity index (χ1n) is 7.26. The monoisotopic (exact) mass is 282 g/mol. The Morgan fingerprint density at radius 3 is 2.05 bits per heavy atom. The molecule has 0 saturated heterocycles. The van der Waals surface area contributed by atoms with Crippen molar-refractivity contribution in [1.29, 1.82) is 0 Å². The number of carbonyl (C=O) groups excluding carboxylic acids is 1. The van der Waals surface area contributed by atoms with Gasteiger partial charge in [-0.05, 0) is 31.5 Å². The number of hydrogen-bond acceptors (Lipinski definition) is 2. The van der Waals surface area contributed by atoms with Crippen LogP contribution in [0.15, 0.2) is 48.5 Å². The zero-order valence-corrected chi connectivity index (χ0v) is 12.6. The fourth-order valence-corrected chi connectivity index (χ4v) is 2.01. The van der Waals surface area contributed by atoms with Crippen LogP contribution in [0.1, 0.15) is 27.0 Å². The molecule has 2 rings (SSSR count). The normalized spacial score (nSPS) is 10.4. The number of nitrogens with one attached hydrogen (secondary N) is 2. The number of carbonyl (C=O) groups is 1. The molecular weight excluding hydrogens is 260 g/mol. The Labute approximate surface area is 126 Å². The molecule has 3 heteroatoms. The summed E-state index contributed by atoms with van der Waals surface area (Å²) >= 11 is 0. The molecular formula is C18H22N2O. The van der Waals surface area contributed by atoms with Crippen LogP contribution in [0.4, 0.5) is 0 Å². The van der Waals surface area contributed by atoms with E-state index < -0.39 is 0 Å². The van der Waals surface area contributed by atoms with Gasteiger partial charge in [-0.15, -0.1) is 0 Å². The van der Waals surface area contributed by atoms with Crippen molar-refractivity contribution in [3.63, 3.8) is 0 Å². The van der Waals surface area contributed by atoms with Crippen LogP contribution in [0, 0.1) is 13.8 Å². The molecule has 0 aliphatic rings. The average Bonchev–Trinajstić information content (AvgIpc) is 2.49. The van der Waals surface area contributed by atoms with Crippen molar-refractivity contribution in [2.45, 2.75) is 20.4 Å². The molecule has 21 heavy (non-hydrogen) atoms. The summed E-state index contributed by atoms with van der Waals surface area (Å²) in [6, 6.07) is 16.1. The smallest absolute Gasteiger partial charge is 0.251 e. The molecule has 0 atom stereocenters. The van der Waals surface area contributed by atoms with Crippen LogP contribution < -0.4 is 10.6 Å². The third-order valence-electron chi connectivity index (χ3n) is 3.35. The Morgan fingerprint density at radius 1 is 0.857 bits per heavy atom. The summed E-state index contributed by atoms with van der Waals surface area (Å²) in [6.07, 6.45) is 0. The Kier molecular flexibility index (Phi) is 5.52. The van der Waals surface area contributed by atoms with Crippen LogP contribution in [0.3, 0.4) is 0 Å². The average molecular weight is 282 g/mol. The zero-order chi connectivity index (χ0) is 15.1. The molecule has 2 N–H and O–H groups in total. The van der Waals surface area contributed by atoms with E-state index in [-0.39, 0.29) is 5.91 Å². The predicted molar refractivity (Wildman–Crippen MR) is 86.4 cm³/mol. The molecule has 0 heterocycles. The highest BCUT2D eigenvalue weighted by Gasteiger charge is 2.03. The molecule has 0 aliphatic carbocycles. The first-order valence-corrected chi connectivity index (χ1v) is 7.26. The molecule has 0 aromatic heterocycles. The van der Waals surface area contributed by atoms with Crippen LogP contribution in [0.2, 0.25) is 0 Å². The fraction of sp³-hybridized carbons (Fsp3) is 0.278. The molecule has 0 spiro atoms. The highest BCUT2D eigenvalue weighted by Crippen LogP contribution is 2.03. The molecule has 2 aromatic rings. The van der Waals surface area contributed by atoms with E-state index in [1.54, 1.807) is 0 Å². The van der Waals surface area contributed by atoms with E-state index in [0.29, 0.717) is 12.1 Å². The summed E-state index contributed by atoms with van der Waals surface area (Å²) in [4.78, 5) is 11.9. The van der Waals surface area contributed by atoms with Gasteiger partial charge in [-0.1, -0.05) is 47.5 Å². The van der Waals surface area contributed by atoms with E-state index in [1.165, 1.54) is 11.1 Å². The van der Waals surface area contributed by atoms with Crippen LogP contribution in [-0.4, -0.2) is 19.0 Å². The van der Waals surface area contributed by atoms with Gasteiger partial charge in [-0.2, -0.15) is 0 Å². The van der Waals surface area contributed by atoms with Crippen LogP contribution >= 0.6 is 0 Å². The summed E-state index contributed by atoms with van der Waals surface area (Å²) in [6.45, 7) is 6.29. The molecule has 110 valence electrons. The minimum Gasteiger partial charge on any atom is -0.351 e. The van der Waals surface area contributed by atoms with Crippen LogP contribution in [0.25, 0.3) is 0 Å². The summed E-state index contributed by atoms with van der Waals surface area (Å²) in [7, 11) is 0. The lowest BCUT2D eigenvalue weighted by Crippen LogP contribution is -2.31. The minimum atomic E-state index is -0.0212. The highest BCUT2D eigenvalue weighted by molar-refractivity contribution is 5.94. The number of hydrogen-bond donors (Lipinski definition) is 2. The van der Waals surface area contributed by atoms with E-state index in [4.69, 9.17) is 0 Å². The second kappa shape index (κ2) is 7.60. The summed E-state index contributed by atoms with van der Waals surface area (Å²) in [5, 5.41) is 6.23. The van der Waals surface area contributed by atoms with Crippen molar-refractivity contribution >= 4 is 5.91 Å². The van der Waals surface area contributed by atoms with Gasteiger partial charge >= 0.3 is 0 Å². The first kappa shape index (κ1) is 15.3. The van der Waals surface area contributed by atoms with Gasteiger partial charge in [0.05, 0.1) is 0 Å². The Hall–Kier alpha value is -2.13. The lowest BCUT2D eigenvalue weighted by atomic mass is 10.1. The number of rotatable bonds is 6. The Balaban J connectivity index is 1.66. The standard InChI is InChI=1S/C18H22N2O/c1-14-3-7-16(8-4-14)13-19-11-12-20-18(21)17-9-5-15(2)6-10-17/h3-10,19H,11-13H2,1-2H3,(H,20,21). The second-order valence-corrected chi connectivity index (χ2v) is 5.28. The molecule has 0 unspecified atom stereocenters. The van der Waals surface area contributed by atoms with Crippen molar-refractivity contribution in [2.75, 3.05) is 13.1 Å². The van der Waals surface area contributed by atoms with E-state index >= 15 is 0 Å². The maximum Gasteiger partial charge on any atom is 0.251 e. The quantitative estimate of drug-likeness (QED) is 0.800. The van der Waals surface area contributed by atoms with E-state index in [9.17, 15) is 4.79 Å². The minimum absolute atomic E-state index is 0.0212. The lowest BCUT2D eigenvalue weighted by molar-refractivity contribution is 0.0954. The van der Waals surface area contributed by atoms with Crippen LogP contribution in [-0.2, 0) is 6.54 Å². The molecule has 1 amide bonds. The van der Waals surface area contributed by atoms with Crippen molar-refractivity contribution in [3.8, 4) is 0 Å². The maximum atomic E-state index is 11.9. The predicted octanol–water partition coefficient (Wildman–Crippen LogP) is 2.82. The molecule has 0 bridgehead atoms. The van der Waals surface area contributed by atoms with Gasteiger partial charge < -0.3 is 10.6 Å². The van der Waals surface area contributed by atoms with Crippen molar-refractivity contribution in [2.24, 2.45) is 0 Å². The Bertz CT molecular complexity index is 573. The molecule has 0 radical (unpaired) electrons. The number of aryl methyl sites for hydroxylation is 2. The van der Waals surface area contributed by atoms with E-state index in [1.807, 2.05) is 31.2 Å². The summed E-state index contributed by atoms with van der Waals surface area (Å²) in [5.74, 6) is -0.0212. The van der Waals surface area contributed by atoms with E-state index in [2.05, 4.69) is 41.8 Å². The molecule has 0 saturated carbocycles. The van der Waals surface area contributed by atoms with Gasteiger partial charge in [0.1, 0.15) is 0 Å². The zero-order valence-electron chi connectivity index (χ0n) is 12.6. The molecule has 0 aliphatic heterocycles. The van der Waals surface area contributed by atoms with Gasteiger partial charge in [0, 0.05) is 25.2 Å². The SMILES string of the molecule is Cc1ccc(CNCCNC(=O)c2ccc(C)cc2)cc1. The van der Waals surface area contributed by atoms with Crippen molar-refractivity contribution in [3.05, 3.63) is 70.8 Å². The third kappa shape index (κ3) is 5.04. The summed E-state index contributed by atoms with van der Waals surface area (Å²) in [5.41, 5.74) is 4.39. The first-order chi connectivity index (χ1) is 10.1. The third-order valence-corrected chi connectivity index (χ3v) is 3.35. The second-order valence-electron chi connectivity index (χ2n) is 5.28. The van der Waals surface area contributed by atoms with Gasteiger partial charge in [0.25, 0.3) is 5.91 Å². The topological polar surface area (TPSA) is 41.1 Å². The van der Waals surface area contributed by atoms with Gasteiger partial charge in [0.2, 0.25) is 0 Å². The van der Waals surface area contributed by atoms with E-state index in [0.717, 1.165) is 18.7 Å². The molecule has 0 fully saturated rings. The molecule has 2 aromatic carbocycles. The van der Waals surface area contributed by atoms with Crippen molar-refractivity contribution < 1.29 is 4.79 Å². The maximum absolute atomic E-state index is 11.9. The van der Waals surface area contributed by atoms with Gasteiger partial charge in [0.15, 0.2) is 0 Å². The largest absolute Gasteiger partial charge is 0.351 e. The van der Waals surface area contributed by atoms with Gasteiger partial charge in [-0.3, -0.25) is 4.79 Å². The fourth-order valence-electron chi connectivity index (χ4n) is 2.01. The number of amides is 1. The van der Waals surface area contributed by atoms with Crippen molar-refractivity contribution in [1.82, 2.24) is 10.6 Å². The molecule has 3 nitrogen and oxygen atoms in total. The Morgan fingerprint density at radius 2 is 1.43 bits per heavy atom.